The van der Waals surface area contributed by atoms with E-state index in [1.807, 2.05) is 20.2 Å². The first kappa shape index (κ1) is 13.9. The minimum Gasteiger partial charge on any atom is -0.495 e. The van der Waals surface area contributed by atoms with Gasteiger partial charge in [0, 0.05) is 18.8 Å². The average Bonchev–Trinajstić information content (AvgIpc) is 2.85. The average molecular weight is 275 g/mol. The number of aromatic nitrogens is 2. The number of carbonyl (C=O) groups is 1. The van der Waals surface area contributed by atoms with Crippen molar-refractivity contribution in [2.24, 2.45) is 7.05 Å². The lowest BCUT2D eigenvalue weighted by molar-refractivity contribution is 0.0697. The van der Waals surface area contributed by atoms with Crippen molar-refractivity contribution in [2.75, 3.05) is 12.4 Å². The molecule has 0 fully saturated rings. The molecular weight excluding hydrogens is 258 g/mol. The normalized spacial score (nSPS) is 11.9. The van der Waals surface area contributed by atoms with E-state index in [1.165, 1.54) is 6.07 Å². The van der Waals surface area contributed by atoms with Crippen LogP contribution in [0.2, 0.25) is 0 Å². The molecule has 0 spiro atoms. The Morgan fingerprint density at radius 3 is 2.80 bits per heavy atom. The van der Waals surface area contributed by atoms with Crippen LogP contribution in [0, 0.1) is 0 Å². The van der Waals surface area contributed by atoms with Crippen LogP contribution in [0.1, 0.15) is 28.9 Å². The molecule has 1 atom stereocenters. The van der Waals surface area contributed by atoms with E-state index in [1.54, 1.807) is 30.1 Å². The van der Waals surface area contributed by atoms with Gasteiger partial charge in [-0.2, -0.15) is 5.10 Å². The maximum atomic E-state index is 11.0. The molecule has 6 nitrogen and oxygen atoms in total. The molecule has 0 aliphatic rings. The number of carboxylic acids is 1. The summed E-state index contributed by atoms with van der Waals surface area (Å²) in [6.07, 6.45) is 3.68. The lowest BCUT2D eigenvalue weighted by Gasteiger charge is -2.17. The molecule has 2 N–H and O–H groups in total. The Hall–Kier alpha value is -2.50. The summed E-state index contributed by atoms with van der Waals surface area (Å²) >= 11 is 0. The van der Waals surface area contributed by atoms with E-state index in [0.717, 1.165) is 5.56 Å². The predicted molar refractivity (Wildman–Crippen MR) is 75.2 cm³/mol. The zero-order chi connectivity index (χ0) is 14.7. The zero-order valence-electron chi connectivity index (χ0n) is 11.6. The van der Waals surface area contributed by atoms with Gasteiger partial charge in [0.1, 0.15) is 5.75 Å². The van der Waals surface area contributed by atoms with Crippen molar-refractivity contribution in [3.05, 3.63) is 41.7 Å². The highest BCUT2D eigenvalue weighted by Crippen LogP contribution is 2.29. The number of methoxy groups -OCH3 is 1. The number of nitrogens with zero attached hydrogens (tertiary/aromatic N) is 2. The molecule has 0 saturated carbocycles. The molecule has 1 aromatic carbocycles. The zero-order valence-corrected chi connectivity index (χ0v) is 11.6. The first-order chi connectivity index (χ1) is 9.51. The van der Waals surface area contributed by atoms with Crippen LogP contribution in [-0.4, -0.2) is 28.0 Å². The van der Waals surface area contributed by atoms with E-state index in [9.17, 15) is 4.79 Å². The van der Waals surface area contributed by atoms with Crippen molar-refractivity contribution in [3.63, 3.8) is 0 Å². The van der Waals surface area contributed by atoms with Crippen LogP contribution in [0.3, 0.4) is 0 Å². The fraction of sp³-hybridized carbons (Fsp3) is 0.286. The highest BCUT2D eigenvalue weighted by Gasteiger charge is 2.13. The number of anilines is 1. The summed E-state index contributed by atoms with van der Waals surface area (Å²) in [5, 5.41) is 16.4. The number of aryl methyl sites for hydroxylation is 1. The van der Waals surface area contributed by atoms with Crippen molar-refractivity contribution >= 4 is 11.7 Å². The molecule has 0 aliphatic heterocycles. The van der Waals surface area contributed by atoms with Gasteiger partial charge in [0.15, 0.2) is 0 Å². The van der Waals surface area contributed by atoms with Crippen molar-refractivity contribution in [1.82, 2.24) is 9.78 Å². The third-order valence-corrected chi connectivity index (χ3v) is 3.04. The number of aromatic carboxylic acids is 1. The van der Waals surface area contributed by atoms with Gasteiger partial charge in [0.05, 0.1) is 30.6 Å². The van der Waals surface area contributed by atoms with Crippen molar-refractivity contribution < 1.29 is 14.6 Å². The highest BCUT2D eigenvalue weighted by atomic mass is 16.5. The van der Waals surface area contributed by atoms with Crippen LogP contribution in [0.15, 0.2) is 30.6 Å². The Kier molecular flexibility index (Phi) is 3.93. The summed E-state index contributed by atoms with van der Waals surface area (Å²) in [4.78, 5) is 11.0. The van der Waals surface area contributed by atoms with E-state index in [0.29, 0.717) is 11.4 Å². The van der Waals surface area contributed by atoms with Gasteiger partial charge in [0.2, 0.25) is 0 Å². The standard InChI is InChI=1S/C14H17N3O3/c1-9(11-7-15-17(2)8-11)16-12-6-10(14(18)19)4-5-13(12)20-3/h4-9,16H,1-3H3,(H,18,19). The predicted octanol–water partition coefficient (Wildman–Crippen LogP) is 2.30. The molecule has 1 heterocycles. The van der Waals surface area contributed by atoms with Crippen LogP contribution in [0.25, 0.3) is 0 Å². The summed E-state index contributed by atoms with van der Waals surface area (Å²) < 4.78 is 6.97. The summed E-state index contributed by atoms with van der Waals surface area (Å²) in [7, 11) is 3.40. The molecule has 20 heavy (non-hydrogen) atoms. The number of hydrogen-bond donors (Lipinski definition) is 2. The Bertz CT molecular complexity index is 622. The van der Waals surface area contributed by atoms with Crippen LogP contribution in [0.4, 0.5) is 5.69 Å². The molecule has 0 bridgehead atoms. The molecule has 0 radical (unpaired) electrons. The van der Waals surface area contributed by atoms with E-state index >= 15 is 0 Å². The molecule has 2 rings (SSSR count). The minimum absolute atomic E-state index is 0.0124. The van der Waals surface area contributed by atoms with Crippen molar-refractivity contribution in [1.29, 1.82) is 0 Å². The van der Waals surface area contributed by atoms with E-state index in [-0.39, 0.29) is 11.6 Å². The first-order valence-corrected chi connectivity index (χ1v) is 6.17. The van der Waals surface area contributed by atoms with E-state index < -0.39 is 5.97 Å². The first-order valence-electron chi connectivity index (χ1n) is 6.17. The topological polar surface area (TPSA) is 76.4 Å². The lowest BCUT2D eigenvalue weighted by atomic mass is 10.1. The van der Waals surface area contributed by atoms with Gasteiger partial charge in [-0.1, -0.05) is 0 Å². The van der Waals surface area contributed by atoms with Gasteiger partial charge in [-0.3, -0.25) is 4.68 Å². The molecule has 1 unspecified atom stereocenters. The van der Waals surface area contributed by atoms with Gasteiger partial charge < -0.3 is 15.2 Å². The Balaban J connectivity index is 2.27. The van der Waals surface area contributed by atoms with Gasteiger partial charge in [-0.05, 0) is 25.1 Å². The molecule has 6 heteroatoms. The maximum Gasteiger partial charge on any atom is 0.335 e. The molecule has 2 aromatic rings. The third-order valence-electron chi connectivity index (χ3n) is 3.04. The van der Waals surface area contributed by atoms with Crippen LogP contribution in [0.5, 0.6) is 5.75 Å². The molecule has 0 aliphatic carbocycles. The SMILES string of the molecule is COc1ccc(C(=O)O)cc1NC(C)c1cnn(C)c1. The fourth-order valence-electron chi connectivity index (χ4n) is 1.93. The largest absolute Gasteiger partial charge is 0.495 e. The lowest BCUT2D eigenvalue weighted by Crippen LogP contribution is -2.08. The molecule has 0 saturated heterocycles. The summed E-state index contributed by atoms with van der Waals surface area (Å²) in [5.74, 6) is -0.365. The van der Waals surface area contributed by atoms with Gasteiger partial charge in [-0.25, -0.2) is 4.79 Å². The number of benzene rings is 1. The summed E-state index contributed by atoms with van der Waals surface area (Å²) in [5.41, 5.74) is 1.87. The number of carboxylic acid groups (broad SMARTS) is 1. The van der Waals surface area contributed by atoms with Gasteiger partial charge in [-0.15, -0.1) is 0 Å². The second-order valence-electron chi connectivity index (χ2n) is 4.53. The maximum absolute atomic E-state index is 11.0. The quantitative estimate of drug-likeness (QED) is 0.875. The molecule has 1 aromatic heterocycles. The van der Waals surface area contributed by atoms with Gasteiger partial charge in [0.25, 0.3) is 0 Å². The Morgan fingerprint density at radius 2 is 2.25 bits per heavy atom. The molecule has 0 amide bonds. The number of ether oxygens (including phenoxy) is 1. The second kappa shape index (κ2) is 5.64. The number of nitrogens with one attached hydrogen (secondary N) is 1. The number of rotatable bonds is 5. The van der Waals surface area contributed by atoms with Crippen LogP contribution in [-0.2, 0) is 7.05 Å². The second-order valence-corrected chi connectivity index (χ2v) is 4.53. The third kappa shape index (κ3) is 2.90. The molecule has 106 valence electrons. The van der Waals surface area contributed by atoms with Crippen LogP contribution < -0.4 is 10.1 Å². The van der Waals surface area contributed by atoms with E-state index in [4.69, 9.17) is 9.84 Å². The van der Waals surface area contributed by atoms with Crippen LogP contribution >= 0.6 is 0 Å². The monoisotopic (exact) mass is 275 g/mol. The van der Waals surface area contributed by atoms with E-state index in [2.05, 4.69) is 10.4 Å². The van der Waals surface area contributed by atoms with Gasteiger partial charge >= 0.3 is 5.97 Å². The van der Waals surface area contributed by atoms with Crippen molar-refractivity contribution in [3.8, 4) is 5.75 Å². The Labute approximate surface area is 117 Å². The minimum atomic E-state index is -0.968. The Morgan fingerprint density at radius 1 is 1.50 bits per heavy atom. The van der Waals surface area contributed by atoms with Crippen molar-refractivity contribution in [2.45, 2.75) is 13.0 Å². The summed E-state index contributed by atoms with van der Waals surface area (Å²) in [6.45, 7) is 1.98. The number of hydrogen-bond acceptors (Lipinski definition) is 4. The fourth-order valence-corrected chi connectivity index (χ4v) is 1.93. The highest BCUT2D eigenvalue weighted by molar-refractivity contribution is 5.89. The smallest absolute Gasteiger partial charge is 0.335 e. The summed E-state index contributed by atoms with van der Waals surface area (Å²) in [6, 6.07) is 4.71. The molecular formula is C14H17N3O3.